The van der Waals surface area contributed by atoms with E-state index in [0.29, 0.717) is 6.04 Å². The molecule has 3 heteroatoms. The van der Waals surface area contributed by atoms with E-state index < -0.39 is 0 Å². The average molecular weight is 269 g/mol. The predicted octanol–water partition coefficient (Wildman–Crippen LogP) is 1.88. The van der Waals surface area contributed by atoms with Crippen LogP contribution in [0.4, 0.5) is 0 Å². The third kappa shape index (κ3) is 2.87. The van der Waals surface area contributed by atoms with Crippen molar-refractivity contribution in [3.8, 4) is 0 Å². The summed E-state index contributed by atoms with van der Waals surface area (Å²) in [6, 6.07) is 0.646. The number of ether oxygens (including phenoxy) is 1. The van der Waals surface area contributed by atoms with Crippen molar-refractivity contribution in [1.82, 2.24) is 4.90 Å². The van der Waals surface area contributed by atoms with Crippen molar-refractivity contribution in [3.63, 3.8) is 0 Å². The van der Waals surface area contributed by atoms with Crippen LogP contribution in [0, 0.1) is 0 Å². The minimum Gasteiger partial charge on any atom is -0.362 e. The van der Waals surface area contributed by atoms with E-state index in [2.05, 4.69) is 48.3 Å². The molecule has 2 nitrogen and oxygen atoms in total. The highest BCUT2D eigenvalue weighted by molar-refractivity contribution is 14.1. The smallest absolute Gasteiger partial charge is 0.129 e. The molecule has 0 aromatic heterocycles. The highest BCUT2D eigenvalue weighted by atomic mass is 127. The number of hydrogen-bond donors (Lipinski definition) is 0. The van der Waals surface area contributed by atoms with Crippen molar-refractivity contribution in [1.29, 1.82) is 0 Å². The number of rotatable bonds is 1. The monoisotopic (exact) mass is 269 g/mol. The molecule has 0 aromatic carbocycles. The maximum absolute atomic E-state index is 5.59. The molecule has 11 heavy (non-hydrogen) atoms. The molecule has 1 saturated heterocycles. The van der Waals surface area contributed by atoms with E-state index in [1.165, 1.54) is 0 Å². The van der Waals surface area contributed by atoms with E-state index in [4.69, 9.17) is 4.74 Å². The van der Waals surface area contributed by atoms with Gasteiger partial charge in [-0.2, -0.15) is 0 Å². The van der Waals surface area contributed by atoms with E-state index in [0.717, 1.165) is 19.7 Å². The van der Waals surface area contributed by atoms with Crippen molar-refractivity contribution in [2.24, 2.45) is 0 Å². The summed E-state index contributed by atoms with van der Waals surface area (Å²) in [5.41, 5.74) is 0. The topological polar surface area (TPSA) is 12.5 Å². The van der Waals surface area contributed by atoms with Gasteiger partial charge in [-0.3, -0.25) is 4.90 Å². The van der Waals surface area contributed by atoms with Crippen LogP contribution in [0.15, 0.2) is 0 Å². The number of nitrogens with zero attached hydrogens (tertiary/aromatic N) is 1. The molecule has 0 amide bonds. The molecule has 0 spiro atoms. The van der Waals surface area contributed by atoms with Gasteiger partial charge in [0.15, 0.2) is 0 Å². The van der Waals surface area contributed by atoms with Gasteiger partial charge in [-0.25, -0.2) is 0 Å². The molecule has 1 heterocycles. The molecule has 0 saturated carbocycles. The average Bonchev–Trinajstić information content (AvgIpc) is 1.85. The van der Waals surface area contributed by atoms with Crippen LogP contribution in [0.25, 0.3) is 0 Å². The Bertz CT molecular complexity index is 136. The zero-order valence-corrected chi connectivity index (χ0v) is 9.59. The van der Waals surface area contributed by atoms with E-state index in [9.17, 15) is 0 Å². The highest BCUT2D eigenvalue weighted by Crippen LogP contribution is 2.25. The maximum atomic E-state index is 5.59. The molecule has 1 atom stereocenters. The van der Waals surface area contributed by atoms with Crippen LogP contribution < -0.4 is 0 Å². The Morgan fingerprint density at radius 1 is 1.55 bits per heavy atom. The first-order valence-corrected chi connectivity index (χ1v) is 5.16. The van der Waals surface area contributed by atoms with Crippen molar-refractivity contribution in [3.05, 3.63) is 0 Å². The van der Waals surface area contributed by atoms with Crippen LogP contribution in [0.3, 0.4) is 0 Å². The molecule has 0 bridgehead atoms. The largest absolute Gasteiger partial charge is 0.362 e. The first kappa shape index (κ1) is 9.74. The van der Waals surface area contributed by atoms with Gasteiger partial charge in [0, 0.05) is 19.1 Å². The molecule has 0 aromatic rings. The second-order valence-corrected chi connectivity index (χ2v) is 5.80. The van der Waals surface area contributed by atoms with E-state index in [-0.39, 0.29) is 3.61 Å². The molecule has 0 aliphatic carbocycles. The fraction of sp³-hybridized carbons (Fsp3) is 1.00. The number of halogens is 1. The van der Waals surface area contributed by atoms with Crippen LogP contribution in [-0.4, -0.2) is 34.2 Å². The van der Waals surface area contributed by atoms with E-state index in [1.807, 2.05) is 0 Å². The van der Waals surface area contributed by atoms with Gasteiger partial charge < -0.3 is 4.74 Å². The summed E-state index contributed by atoms with van der Waals surface area (Å²) >= 11 is 2.38. The van der Waals surface area contributed by atoms with Crippen molar-refractivity contribution < 1.29 is 4.74 Å². The molecule has 66 valence electrons. The van der Waals surface area contributed by atoms with Crippen molar-refractivity contribution in [2.75, 3.05) is 19.7 Å². The van der Waals surface area contributed by atoms with Crippen LogP contribution >= 0.6 is 22.6 Å². The van der Waals surface area contributed by atoms with Gasteiger partial charge in [0.05, 0.1) is 6.61 Å². The van der Waals surface area contributed by atoms with Crippen LogP contribution in [-0.2, 0) is 4.74 Å². The Morgan fingerprint density at radius 3 is 2.55 bits per heavy atom. The molecule has 0 unspecified atom stereocenters. The number of alkyl halides is 1. The minimum atomic E-state index is 0.0281. The molecular weight excluding hydrogens is 253 g/mol. The Labute approximate surface area is 82.4 Å². The third-order valence-electron chi connectivity index (χ3n) is 2.00. The molecule has 1 fully saturated rings. The van der Waals surface area contributed by atoms with Gasteiger partial charge >= 0.3 is 0 Å². The lowest BCUT2D eigenvalue weighted by Crippen LogP contribution is -2.49. The Kier molecular flexibility index (Phi) is 3.17. The molecule has 0 radical (unpaired) electrons. The summed E-state index contributed by atoms with van der Waals surface area (Å²) in [6.07, 6.45) is 0. The van der Waals surface area contributed by atoms with Gasteiger partial charge in [-0.15, -0.1) is 0 Å². The molecular formula is C8H16INO. The maximum Gasteiger partial charge on any atom is 0.129 e. The lowest BCUT2D eigenvalue weighted by atomic mass is 10.2. The normalized spacial score (nSPS) is 34.6. The van der Waals surface area contributed by atoms with Crippen LogP contribution in [0.1, 0.15) is 20.8 Å². The third-order valence-corrected chi connectivity index (χ3v) is 2.65. The quantitative estimate of drug-likeness (QED) is 0.532. The Hall–Kier alpha value is 0.650. The van der Waals surface area contributed by atoms with Gasteiger partial charge in [0.2, 0.25) is 0 Å². The van der Waals surface area contributed by atoms with Crippen LogP contribution in [0.5, 0.6) is 0 Å². The number of hydrogen-bond acceptors (Lipinski definition) is 2. The molecule has 1 aliphatic rings. The fourth-order valence-electron chi connectivity index (χ4n) is 1.30. The van der Waals surface area contributed by atoms with Crippen molar-refractivity contribution >= 4 is 22.6 Å². The fourth-order valence-corrected chi connectivity index (χ4v) is 1.96. The number of morpholine rings is 1. The van der Waals surface area contributed by atoms with Gasteiger partial charge in [-0.05, 0) is 43.4 Å². The summed E-state index contributed by atoms with van der Waals surface area (Å²) < 4.78 is 5.62. The zero-order chi connectivity index (χ0) is 8.48. The van der Waals surface area contributed by atoms with Crippen LogP contribution in [0.2, 0.25) is 0 Å². The Morgan fingerprint density at radius 2 is 2.18 bits per heavy atom. The molecule has 1 aliphatic heterocycles. The Balaban J connectivity index is 2.46. The molecule has 0 N–H and O–H groups in total. The summed E-state index contributed by atoms with van der Waals surface area (Å²) in [4.78, 5) is 2.45. The summed E-state index contributed by atoms with van der Waals surface area (Å²) in [5, 5.41) is 0. The first-order chi connectivity index (χ1) is 5.01. The first-order valence-electron chi connectivity index (χ1n) is 4.08. The highest BCUT2D eigenvalue weighted by Gasteiger charge is 2.29. The lowest BCUT2D eigenvalue weighted by Gasteiger charge is -2.38. The van der Waals surface area contributed by atoms with Gasteiger partial charge in [-0.1, -0.05) is 0 Å². The minimum absolute atomic E-state index is 0.0281. The summed E-state index contributed by atoms with van der Waals surface area (Å²) in [5.74, 6) is 0. The van der Waals surface area contributed by atoms with Gasteiger partial charge in [0.25, 0.3) is 0 Å². The SMILES string of the molecule is CC(C)N1CCO[C@](C)(I)C1. The lowest BCUT2D eigenvalue weighted by molar-refractivity contribution is -0.0394. The second kappa shape index (κ2) is 3.58. The van der Waals surface area contributed by atoms with E-state index >= 15 is 0 Å². The van der Waals surface area contributed by atoms with E-state index in [1.54, 1.807) is 0 Å². The summed E-state index contributed by atoms with van der Waals surface area (Å²) in [6.45, 7) is 9.61. The second-order valence-electron chi connectivity index (χ2n) is 3.51. The van der Waals surface area contributed by atoms with Crippen molar-refractivity contribution in [2.45, 2.75) is 30.4 Å². The predicted molar refractivity (Wildman–Crippen MR) is 55.1 cm³/mol. The standard InChI is InChI=1S/C8H16INO/c1-7(2)10-4-5-11-8(3,9)6-10/h7H,4-6H2,1-3H3/t8-/m0/s1. The zero-order valence-electron chi connectivity index (χ0n) is 7.43. The van der Waals surface area contributed by atoms with Gasteiger partial charge in [0.1, 0.15) is 3.61 Å². The summed E-state index contributed by atoms with van der Waals surface area (Å²) in [7, 11) is 0. The molecule has 1 rings (SSSR count).